The first-order valence-electron chi connectivity index (χ1n) is 21.8. The molecule has 6 aromatic rings. The molecule has 2 saturated carbocycles. The number of hydrogen-bond donors (Lipinski definition) is 2. The third-order valence-corrected chi connectivity index (χ3v) is 14.7. The molecular formula is C50H48N6O4S2. The fraction of sp³-hybridized carbons (Fsp3) is 0.320. The number of carbonyl (C=O) groups is 4. The third kappa shape index (κ3) is 8.45. The summed E-state index contributed by atoms with van der Waals surface area (Å²) in [7, 11) is 0. The van der Waals surface area contributed by atoms with Crippen molar-refractivity contribution in [3.8, 4) is 32.8 Å². The maximum atomic E-state index is 14.1. The topological polar surface area (TPSA) is 125 Å². The number of thiazole rings is 2. The molecule has 2 aliphatic heterocycles. The molecule has 4 heterocycles. The summed E-state index contributed by atoms with van der Waals surface area (Å²) in [6.45, 7) is 1.27. The highest BCUT2D eigenvalue weighted by Gasteiger charge is 2.41. The Morgan fingerprint density at radius 1 is 0.565 bits per heavy atom. The lowest BCUT2D eigenvalue weighted by atomic mass is 10.0. The van der Waals surface area contributed by atoms with Crippen molar-refractivity contribution in [2.75, 3.05) is 13.1 Å². The number of nitrogens with zero attached hydrogens (tertiary/aromatic N) is 4. The molecule has 4 aliphatic rings. The predicted octanol–water partition coefficient (Wildman–Crippen LogP) is 9.46. The van der Waals surface area contributed by atoms with Crippen LogP contribution < -0.4 is 10.6 Å². The van der Waals surface area contributed by atoms with E-state index in [1.807, 2.05) is 76.7 Å². The van der Waals surface area contributed by atoms with E-state index in [0.29, 0.717) is 13.1 Å². The second-order valence-electron chi connectivity index (χ2n) is 16.9. The quantitative estimate of drug-likeness (QED) is 0.119. The SMILES string of the molecule is O=C(N[C@@H](C(=O)N1CCC[C@H]1c1nc(-c2ccc(-c3ccc(-c4cnc([C@@H]5CCCN5C(=O)[C@H](NC(=O)C5CC5)c5ccccc5)s4)cc3)cc2)cs1)c1ccccc1)C1CC1. The average Bonchev–Trinajstić information content (AvgIpc) is 4.07. The number of aromatic nitrogens is 2. The van der Waals surface area contributed by atoms with Crippen molar-refractivity contribution < 1.29 is 19.2 Å². The fourth-order valence-electron chi connectivity index (χ4n) is 8.79. The predicted molar refractivity (Wildman–Crippen MR) is 242 cm³/mol. The van der Waals surface area contributed by atoms with Crippen LogP contribution in [0.25, 0.3) is 32.8 Å². The number of carbonyl (C=O) groups excluding carboxylic acids is 4. The summed E-state index contributed by atoms with van der Waals surface area (Å²) in [5.41, 5.74) is 6.76. The summed E-state index contributed by atoms with van der Waals surface area (Å²) < 4.78 is 0. The van der Waals surface area contributed by atoms with Gasteiger partial charge in [-0.25, -0.2) is 9.97 Å². The molecule has 10 nitrogen and oxygen atoms in total. The van der Waals surface area contributed by atoms with Crippen LogP contribution in [-0.4, -0.2) is 56.5 Å². The van der Waals surface area contributed by atoms with Crippen molar-refractivity contribution >= 4 is 46.3 Å². The van der Waals surface area contributed by atoms with Crippen LogP contribution in [0.5, 0.6) is 0 Å². The number of nitrogens with one attached hydrogen (secondary N) is 2. The van der Waals surface area contributed by atoms with Crippen LogP contribution in [0.15, 0.2) is 121 Å². The number of hydrogen-bond acceptors (Lipinski definition) is 8. The summed E-state index contributed by atoms with van der Waals surface area (Å²) in [4.78, 5) is 68.7. The van der Waals surface area contributed by atoms with Gasteiger partial charge in [-0.1, -0.05) is 109 Å². The first-order chi connectivity index (χ1) is 30.4. The maximum Gasteiger partial charge on any atom is 0.250 e. The van der Waals surface area contributed by atoms with Crippen LogP contribution in [0, 0.1) is 11.8 Å². The van der Waals surface area contributed by atoms with Crippen LogP contribution >= 0.6 is 22.7 Å². The van der Waals surface area contributed by atoms with Gasteiger partial charge >= 0.3 is 0 Å². The number of amides is 4. The second kappa shape index (κ2) is 17.4. The molecule has 2 aliphatic carbocycles. The molecule has 0 radical (unpaired) electrons. The van der Waals surface area contributed by atoms with Gasteiger partial charge in [0.2, 0.25) is 23.6 Å². The van der Waals surface area contributed by atoms with E-state index in [2.05, 4.69) is 64.5 Å². The molecule has 0 spiro atoms. The van der Waals surface area contributed by atoms with E-state index in [1.165, 1.54) is 0 Å². The minimum atomic E-state index is -0.711. The Hall–Kier alpha value is -5.98. The monoisotopic (exact) mass is 860 g/mol. The summed E-state index contributed by atoms with van der Waals surface area (Å²) in [5, 5.41) is 10.0. The first kappa shape index (κ1) is 40.1. The molecule has 12 heteroatoms. The molecule has 2 N–H and O–H groups in total. The van der Waals surface area contributed by atoms with Crippen molar-refractivity contribution in [3.63, 3.8) is 0 Å². The smallest absolute Gasteiger partial charge is 0.250 e. The molecule has 2 saturated heterocycles. The van der Waals surface area contributed by atoms with Gasteiger partial charge in [0.25, 0.3) is 0 Å². The van der Waals surface area contributed by atoms with E-state index in [1.54, 1.807) is 22.7 Å². The van der Waals surface area contributed by atoms with Gasteiger partial charge in [0.05, 0.1) is 22.7 Å². The van der Waals surface area contributed by atoms with Gasteiger partial charge in [-0.2, -0.15) is 0 Å². The van der Waals surface area contributed by atoms with Crippen LogP contribution in [0.1, 0.15) is 96.7 Å². The Kier molecular flexibility index (Phi) is 11.3. The lowest BCUT2D eigenvalue weighted by Crippen LogP contribution is -2.43. The summed E-state index contributed by atoms with van der Waals surface area (Å²) in [5.74, 6) is -0.216. The molecule has 4 aromatic carbocycles. The van der Waals surface area contributed by atoms with E-state index >= 15 is 0 Å². The van der Waals surface area contributed by atoms with Crippen molar-refractivity contribution in [1.29, 1.82) is 0 Å². The molecule has 4 fully saturated rings. The van der Waals surface area contributed by atoms with Crippen molar-refractivity contribution in [2.24, 2.45) is 11.8 Å². The van der Waals surface area contributed by atoms with E-state index in [9.17, 15) is 19.2 Å². The summed E-state index contributed by atoms with van der Waals surface area (Å²) in [6.07, 6.45) is 8.88. The number of likely N-dealkylation sites (tertiary alicyclic amines) is 2. The van der Waals surface area contributed by atoms with Gasteiger partial charge in [-0.15, -0.1) is 22.7 Å². The lowest BCUT2D eigenvalue weighted by molar-refractivity contribution is -0.138. The molecule has 4 atom stereocenters. The largest absolute Gasteiger partial charge is 0.340 e. The number of rotatable bonds is 13. The Morgan fingerprint density at radius 3 is 1.53 bits per heavy atom. The molecule has 2 aromatic heterocycles. The van der Waals surface area contributed by atoms with Gasteiger partial charge < -0.3 is 20.4 Å². The maximum absolute atomic E-state index is 14.1. The Labute approximate surface area is 369 Å². The van der Waals surface area contributed by atoms with Gasteiger partial charge in [-0.3, -0.25) is 19.2 Å². The first-order valence-corrected chi connectivity index (χ1v) is 23.5. The minimum Gasteiger partial charge on any atom is -0.340 e. The van der Waals surface area contributed by atoms with Crippen molar-refractivity contribution in [1.82, 2.24) is 30.4 Å². The van der Waals surface area contributed by atoms with Gasteiger partial charge in [-0.05, 0) is 79.2 Å². The van der Waals surface area contributed by atoms with Crippen LogP contribution in [0.3, 0.4) is 0 Å². The summed E-state index contributed by atoms with van der Waals surface area (Å²) in [6, 6.07) is 34.4. The zero-order valence-electron chi connectivity index (χ0n) is 34.3. The normalized spacial score (nSPS) is 19.5. The Balaban J connectivity index is 0.797. The second-order valence-corrected chi connectivity index (χ2v) is 18.9. The van der Waals surface area contributed by atoms with Gasteiger partial charge in [0, 0.05) is 42.1 Å². The van der Waals surface area contributed by atoms with Crippen LogP contribution in [-0.2, 0) is 19.2 Å². The highest BCUT2D eigenvalue weighted by molar-refractivity contribution is 7.15. The van der Waals surface area contributed by atoms with Crippen LogP contribution in [0.2, 0.25) is 0 Å². The molecular weight excluding hydrogens is 813 g/mol. The zero-order chi connectivity index (χ0) is 42.2. The van der Waals surface area contributed by atoms with Crippen LogP contribution in [0.4, 0.5) is 0 Å². The van der Waals surface area contributed by atoms with E-state index in [0.717, 1.165) is 105 Å². The van der Waals surface area contributed by atoms with Crippen molar-refractivity contribution in [2.45, 2.75) is 75.5 Å². The minimum absolute atomic E-state index is 0.0106. The highest BCUT2D eigenvalue weighted by Crippen LogP contribution is 2.41. The van der Waals surface area contributed by atoms with E-state index in [-0.39, 0.29) is 47.5 Å². The molecule has 62 heavy (non-hydrogen) atoms. The lowest BCUT2D eigenvalue weighted by Gasteiger charge is -2.28. The van der Waals surface area contributed by atoms with E-state index < -0.39 is 12.1 Å². The van der Waals surface area contributed by atoms with Gasteiger partial charge in [0.15, 0.2) is 0 Å². The number of benzene rings is 4. The Bertz CT molecular complexity index is 2390. The fourth-order valence-corrected chi connectivity index (χ4v) is 10.8. The molecule has 0 bridgehead atoms. The standard InChI is InChI=1S/C50H48N6O4S2/c57-45(37-23-24-37)53-43(35-9-3-1-4-10-35)49(59)55-27-7-13-40(55)47-51-29-42(62-47)34-21-17-32(18-22-34)31-15-19-33(20-16-31)39-30-61-48(52-39)41-14-8-28-56(41)50(60)44(36-11-5-2-6-12-36)54-46(58)38-25-26-38/h1-6,9-12,15-22,29-30,37-38,40-41,43-44H,7-8,13-14,23-28H2,(H,53,57)(H,54,58)/t40-,41-,43+,44+/m0/s1. The molecule has 0 unspecified atom stereocenters. The van der Waals surface area contributed by atoms with Gasteiger partial charge in [0.1, 0.15) is 22.1 Å². The molecule has 314 valence electrons. The Morgan fingerprint density at radius 2 is 1.03 bits per heavy atom. The third-order valence-electron chi connectivity index (χ3n) is 12.6. The van der Waals surface area contributed by atoms with Crippen molar-refractivity contribution in [3.05, 3.63) is 142 Å². The molecule has 4 amide bonds. The average molecular weight is 861 g/mol. The highest BCUT2D eigenvalue weighted by atomic mass is 32.1. The summed E-state index contributed by atoms with van der Waals surface area (Å²) >= 11 is 3.21. The zero-order valence-corrected chi connectivity index (χ0v) is 36.0. The van der Waals surface area contributed by atoms with E-state index in [4.69, 9.17) is 9.97 Å². The molecule has 10 rings (SSSR count).